The molecule has 1 N–H and O–H groups in total. The highest BCUT2D eigenvalue weighted by Gasteiger charge is 2.25. The molecule has 136 valence electrons. The first-order valence-electron chi connectivity index (χ1n) is 9.70. The molecule has 0 amide bonds. The Hall–Kier alpha value is 0.210. The van der Waals surface area contributed by atoms with Gasteiger partial charge in [0.2, 0.25) is 0 Å². The maximum absolute atomic E-state index is 9.10. The van der Waals surface area contributed by atoms with E-state index in [0.717, 1.165) is 6.42 Å². The minimum atomic E-state index is 0. The van der Waals surface area contributed by atoms with E-state index < -0.39 is 0 Å². The number of aliphatic hydroxyl groups excluding tert-OH is 1. The lowest BCUT2D eigenvalue weighted by atomic mass is 10.1. The summed E-state index contributed by atoms with van der Waals surface area (Å²) in [7, 11) is 0. The summed E-state index contributed by atoms with van der Waals surface area (Å²) in [6, 6.07) is 0. The molecule has 0 unspecified atom stereocenters. The van der Waals surface area contributed by atoms with Crippen LogP contribution in [0, 0.1) is 0 Å². The molecule has 0 bridgehead atoms. The fourth-order valence-electron chi connectivity index (χ4n) is 3.32. The molecule has 3 heteroatoms. The Balaban J connectivity index is 0. The summed E-state index contributed by atoms with van der Waals surface area (Å²) < 4.78 is 1.33. The van der Waals surface area contributed by atoms with Gasteiger partial charge in [-0.25, -0.2) is 0 Å². The zero-order chi connectivity index (χ0) is 15.8. The highest BCUT2D eigenvalue weighted by atomic mass is 35.5. The Morgan fingerprint density at radius 1 is 0.545 bits per heavy atom. The number of rotatable bonds is 16. The molecule has 22 heavy (non-hydrogen) atoms. The minimum absolute atomic E-state index is 0. The largest absolute Gasteiger partial charge is 1.00 e. The van der Waals surface area contributed by atoms with Gasteiger partial charge in [-0.15, -0.1) is 0 Å². The van der Waals surface area contributed by atoms with Crippen molar-refractivity contribution in [3.63, 3.8) is 0 Å². The molecule has 0 spiro atoms. The van der Waals surface area contributed by atoms with Crippen molar-refractivity contribution in [1.29, 1.82) is 0 Å². The van der Waals surface area contributed by atoms with Crippen molar-refractivity contribution in [2.45, 2.75) is 91.4 Å². The van der Waals surface area contributed by atoms with Gasteiger partial charge in [0.05, 0.1) is 26.2 Å². The first-order chi connectivity index (χ1) is 10.2. The summed E-state index contributed by atoms with van der Waals surface area (Å²) in [6.07, 6.45) is 14.4. The molecule has 0 aliphatic carbocycles. The first-order valence-corrected chi connectivity index (χ1v) is 9.70. The quantitative estimate of drug-likeness (QED) is 0.338. The van der Waals surface area contributed by atoms with Gasteiger partial charge in [-0.3, -0.25) is 0 Å². The average Bonchev–Trinajstić information content (AvgIpc) is 2.48. The van der Waals surface area contributed by atoms with Gasteiger partial charge in [-0.2, -0.15) is 0 Å². The fourth-order valence-corrected chi connectivity index (χ4v) is 3.32. The van der Waals surface area contributed by atoms with Crippen LogP contribution in [0.1, 0.15) is 91.4 Å². The van der Waals surface area contributed by atoms with Crippen molar-refractivity contribution >= 4 is 0 Å². The van der Waals surface area contributed by atoms with Crippen LogP contribution in [-0.2, 0) is 0 Å². The van der Waals surface area contributed by atoms with E-state index in [-0.39, 0.29) is 12.4 Å². The van der Waals surface area contributed by atoms with Gasteiger partial charge < -0.3 is 22.0 Å². The third-order valence-corrected chi connectivity index (χ3v) is 4.75. The lowest BCUT2D eigenvalue weighted by Crippen LogP contribution is -3.00. The van der Waals surface area contributed by atoms with E-state index in [0.29, 0.717) is 6.61 Å². The number of unbranched alkanes of at least 4 members (excludes halogenated alkanes) is 7. The van der Waals surface area contributed by atoms with Crippen LogP contribution in [-0.4, -0.2) is 42.4 Å². The van der Waals surface area contributed by atoms with Crippen molar-refractivity contribution in [2.24, 2.45) is 0 Å². The number of quaternary nitrogens is 1. The molecule has 0 aromatic rings. The first kappa shape index (κ1) is 24.5. The zero-order valence-electron chi connectivity index (χ0n) is 15.6. The van der Waals surface area contributed by atoms with Gasteiger partial charge in [-0.05, 0) is 51.4 Å². The van der Waals surface area contributed by atoms with Gasteiger partial charge >= 0.3 is 0 Å². The fraction of sp³-hybridized carbons (Fsp3) is 1.00. The van der Waals surface area contributed by atoms with E-state index in [4.69, 9.17) is 5.11 Å². The lowest BCUT2D eigenvalue weighted by Gasteiger charge is -2.39. The summed E-state index contributed by atoms with van der Waals surface area (Å²) in [4.78, 5) is 0. The number of hydrogen-bond donors (Lipinski definition) is 1. The Morgan fingerprint density at radius 3 is 1.14 bits per heavy atom. The molecule has 0 atom stereocenters. The molecule has 0 heterocycles. The van der Waals surface area contributed by atoms with Gasteiger partial charge in [-0.1, -0.05) is 40.0 Å². The van der Waals surface area contributed by atoms with Crippen molar-refractivity contribution in [3.05, 3.63) is 0 Å². The molecular formula is C19H42ClNO. The molecule has 0 radical (unpaired) electrons. The SMILES string of the molecule is CCCCC[N+](CCCCC)(CCCCC)CCCCO.[Cl-]. The number of halogens is 1. The monoisotopic (exact) mass is 335 g/mol. The second-order valence-corrected chi connectivity index (χ2v) is 6.79. The number of nitrogens with zero attached hydrogens (tertiary/aromatic N) is 1. The van der Waals surface area contributed by atoms with E-state index in [1.54, 1.807) is 0 Å². The second kappa shape index (κ2) is 17.6. The van der Waals surface area contributed by atoms with Gasteiger partial charge in [0.15, 0.2) is 0 Å². The Bertz CT molecular complexity index is 166. The van der Waals surface area contributed by atoms with E-state index in [1.165, 1.54) is 94.9 Å². The Morgan fingerprint density at radius 2 is 0.864 bits per heavy atom. The molecule has 0 aromatic carbocycles. The third kappa shape index (κ3) is 12.7. The van der Waals surface area contributed by atoms with Crippen LogP contribution in [0.4, 0.5) is 0 Å². The summed E-state index contributed by atoms with van der Waals surface area (Å²) in [5, 5.41) is 9.10. The van der Waals surface area contributed by atoms with Crippen LogP contribution in [0.25, 0.3) is 0 Å². The van der Waals surface area contributed by atoms with E-state index in [9.17, 15) is 0 Å². The molecule has 0 saturated heterocycles. The molecule has 0 fully saturated rings. The number of aliphatic hydroxyl groups is 1. The summed E-state index contributed by atoms with van der Waals surface area (Å²) in [5.74, 6) is 0. The topological polar surface area (TPSA) is 20.2 Å². The van der Waals surface area contributed by atoms with E-state index >= 15 is 0 Å². The normalized spacial score (nSPS) is 11.5. The summed E-state index contributed by atoms with van der Waals surface area (Å²) in [6.45, 7) is 12.7. The highest BCUT2D eigenvalue weighted by Crippen LogP contribution is 2.18. The van der Waals surface area contributed by atoms with Crippen LogP contribution in [0.2, 0.25) is 0 Å². The van der Waals surface area contributed by atoms with E-state index in [2.05, 4.69) is 20.8 Å². The Labute approximate surface area is 146 Å². The van der Waals surface area contributed by atoms with Crippen molar-refractivity contribution in [2.75, 3.05) is 32.8 Å². The minimum Gasteiger partial charge on any atom is -1.00 e. The van der Waals surface area contributed by atoms with Crippen LogP contribution in [0.15, 0.2) is 0 Å². The van der Waals surface area contributed by atoms with Gasteiger partial charge in [0, 0.05) is 6.61 Å². The molecule has 0 aliphatic rings. The van der Waals surface area contributed by atoms with E-state index in [1.807, 2.05) is 0 Å². The second-order valence-electron chi connectivity index (χ2n) is 6.79. The van der Waals surface area contributed by atoms with Crippen LogP contribution in [0.5, 0.6) is 0 Å². The zero-order valence-corrected chi connectivity index (χ0v) is 16.3. The highest BCUT2D eigenvalue weighted by molar-refractivity contribution is 4.51. The van der Waals surface area contributed by atoms with Crippen LogP contribution >= 0.6 is 0 Å². The van der Waals surface area contributed by atoms with Crippen LogP contribution < -0.4 is 12.4 Å². The van der Waals surface area contributed by atoms with Gasteiger partial charge in [0.1, 0.15) is 0 Å². The van der Waals surface area contributed by atoms with Crippen molar-refractivity contribution < 1.29 is 22.0 Å². The van der Waals surface area contributed by atoms with Crippen molar-refractivity contribution in [3.8, 4) is 0 Å². The maximum atomic E-state index is 9.10. The number of hydrogen-bond acceptors (Lipinski definition) is 1. The molecule has 0 aromatic heterocycles. The molecule has 2 nitrogen and oxygen atoms in total. The third-order valence-electron chi connectivity index (χ3n) is 4.75. The summed E-state index contributed by atoms with van der Waals surface area (Å²) in [5.41, 5.74) is 0. The lowest BCUT2D eigenvalue weighted by molar-refractivity contribution is -0.929. The molecular weight excluding hydrogens is 294 g/mol. The van der Waals surface area contributed by atoms with Crippen molar-refractivity contribution in [1.82, 2.24) is 0 Å². The smallest absolute Gasteiger partial charge is 0.0787 e. The average molecular weight is 336 g/mol. The Kier molecular flexibility index (Phi) is 19.5. The molecule has 0 saturated carbocycles. The predicted octanol–water partition coefficient (Wildman–Crippen LogP) is 2.15. The van der Waals surface area contributed by atoms with Gasteiger partial charge in [0.25, 0.3) is 0 Å². The predicted molar refractivity (Wildman–Crippen MR) is 94.6 cm³/mol. The van der Waals surface area contributed by atoms with Crippen LogP contribution in [0.3, 0.4) is 0 Å². The summed E-state index contributed by atoms with van der Waals surface area (Å²) >= 11 is 0. The molecule has 0 aliphatic heterocycles. The maximum Gasteiger partial charge on any atom is 0.0787 e. The standard InChI is InChI=1S/C19H42NO.ClH/c1-4-7-10-15-20(16-11-8-5-2,17-12-9-6-3)18-13-14-19-21;/h21H,4-19H2,1-3H3;1H/q+1;/p-1. The molecule has 0 rings (SSSR count).